The molecule has 2 saturated heterocycles. The molecule has 3 atom stereocenters. The number of hydrogen-bond donors (Lipinski definition) is 1. The number of nitrogens with one attached hydrogen (secondary N) is 1. The van der Waals surface area contributed by atoms with Crippen molar-refractivity contribution in [3.05, 3.63) is 39.9 Å². The van der Waals surface area contributed by atoms with Crippen molar-refractivity contribution in [2.24, 2.45) is 0 Å². The maximum atomic E-state index is 10.6. The SMILES string of the molecule is O=[N+]([O-])c1ccc([C@H]2OC[NH+]3COC[C@@H]23)cc1. The molecular weight excluding hydrogens is 224 g/mol. The van der Waals surface area contributed by atoms with Crippen LogP contribution in [0.3, 0.4) is 0 Å². The summed E-state index contributed by atoms with van der Waals surface area (Å²) in [7, 11) is 0. The molecule has 2 fully saturated rings. The summed E-state index contributed by atoms with van der Waals surface area (Å²) < 4.78 is 11.1. The topological polar surface area (TPSA) is 66.0 Å². The lowest BCUT2D eigenvalue weighted by Gasteiger charge is -2.12. The van der Waals surface area contributed by atoms with Crippen LogP contribution in [0.5, 0.6) is 0 Å². The van der Waals surface area contributed by atoms with Gasteiger partial charge in [-0.05, 0) is 17.7 Å². The lowest BCUT2D eigenvalue weighted by molar-refractivity contribution is -0.916. The minimum atomic E-state index is -0.393. The van der Waals surface area contributed by atoms with Crippen LogP contribution in [0, 0.1) is 10.1 Å². The van der Waals surface area contributed by atoms with Gasteiger partial charge in [0.25, 0.3) is 5.69 Å². The van der Waals surface area contributed by atoms with Crippen molar-refractivity contribution in [1.82, 2.24) is 0 Å². The van der Waals surface area contributed by atoms with Crippen LogP contribution in [0.4, 0.5) is 5.69 Å². The lowest BCUT2D eigenvalue weighted by Crippen LogP contribution is -3.12. The minimum absolute atomic E-state index is 0.00620. The van der Waals surface area contributed by atoms with Gasteiger partial charge < -0.3 is 9.47 Å². The highest BCUT2D eigenvalue weighted by Crippen LogP contribution is 2.26. The highest BCUT2D eigenvalue weighted by Gasteiger charge is 2.44. The first-order valence-electron chi connectivity index (χ1n) is 5.54. The molecular formula is C11H13N2O4+. The fraction of sp³-hybridized carbons (Fsp3) is 0.455. The molecule has 0 aromatic heterocycles. The monoisotopic (exact) mass is 237 g/mol. The molecule has 17 heavy (non-hydrogen) atoms. The molecule has 6 nitrogen and oxygen atoms in total. The maximum absolute atomic E-state index is 10.6. The molecule has 1 N–H and O–H groups in total. The van der Waals surface area contributed by atoms with E-state index in [0.29, 0.717) is 26.1 Å². The molecule has 0 radical (unpaired) electrons. The molecule has 2 aliphatic heterocycles. The van der Waals surface area contributed by atoms with Crippen molar-refractivity contribution in [2.75, 3.05) is 20.1 Å². The van der Waals surface area contributed by atoms with Crippen LogP contribution in [-0.4, -0.2) is 31.0 Å². The van der Waals surface area contributed by atoms with Crippen molar-refractivity contribution < 1.29 is 19.3 Å². The van der Waals surface area contributed by atoms with Gasteiger partial charge in [0.05, 0.1) is 4.92 Å². The number of benzene rings is 1. The van der Waals surface area contributed by atoms with Gasteiger partial charge in [0, 0.05) is 12.1 Å². The van der Waals surface area contributed by atoms with Crippen molar-refractivity contribution in [2.45, 2.75) is 12.1 Å². The van der Waals surface area contributed by atoms with E-state index in [1.807, 2.05) is 0 Å². The number of non-ortho nitro benzene ring substituents is 1. The number of quaternary nitrogens is 1. The Morgan fingerprint density at radius 2 is 2.06 bits per heavy atom. The number of nitro benzene ring substituents is 1. The van der Waals surface area contributed by atoms with Gasteiger partial charge in [-0.25, -0.2) is 0 Å². The Morgan fingerprint density at radius 3 is 2.76 bits per heavy atom. The zero-order valence-electron chi connectivity index (χ0n) is 9.17. The van der Waals surface area contributed by atoms with E-state index in [2.05, 4.69) is 0 Å². The predicted octanol–water partition coefficient (Wildman–Crippen LogP) is -0.135. The number of nitrogens with zero attached hydrogens (tertiary/aromatic N) is 1. The summed E-state index contributed by atoms with van der Waals surface area (Å²) in [6.07, 6.45) is -0.00620. The second-order valence-electron chi connectivity index (χ2n) is 4.36. The fourth-order valence-electron chi connectivity index (χ4n) is 2.42. The van der Waals surface area contributed by atoms with Crippen LogP contribution in [0.1, 0.15) is 11.7 Å². The molecule has 90 valence electrons. The first-order valence-corrected chi connectivity index (χ1v) is 5.54. The van der Waals surface area contributed by atoms with Crippen LogP contribution in [-0.2, 0) is 9.47 Å². The van der Waals surface area contributed by atoms with Crippen LogP contribution in [0.2, 0.25) is 0 Å². The summed E-state index contributed by atoms with van der Waals surface area (Å²) >= 11 is 0. The van der Waals surface area contributed by atoms with Crippen molar-refractivity contribution in [3.63, 3.8) is 0 Å². The highest BCUT2D eigenvalue weighted by atomic mass is 16.6. The van der Waals surface area contributed by atoms with Crippen LogP contribution in [0.25, 0.3) is 0 Å². The standard InChI is InChI=1S/C11H12N2O4/c14-13(15)9-3-1-8(2-4-9)11-10-5-16-6-12(10)7-17-11/h1-4,10-11H,5-7H2/p+1/t10-,11+/m0/s1. The van der Waals surface area contributed by atoms with Crippen molar-refractivity contribution in [3.8, 4) is 0 Å². The van der Waals surface area contributed by atoms with Gasteiger partial charge in [-0.15, -0.1) is 0 Å². The van der Waals surface area contributed by atoms with Gasteiger partial charge in [0.1, 0.15) is 18.8 Å². The zero-order valence-corrected chi connectivity index (χ0v) is 9.17. The minimum Gasteiger partial charge on any atom is -0.325 e. The zero-order chi connectivity index (χ0) is 11.8. The van der Waals surface area contributed by atoms with E-state index in [4.69, 9.17) is 9.47 Å². The Kier molecular flexibility index (Phi) is 2.54. The van der Waals surface area contributed by atoms with E-state index in [0.717, 1.165) is 5.56 Å². The highest BCUT2D eigenvalue weighted by molar-refractivity contribution is 5.34. The normalized spacial score (nSPS) is 31.4. The Hall–Kier alpha value is -1.50. The van der Waals surface area contributed by atoms with Gasteiger partial charge >= 0.3 is 0 Å². The van der Waals surface area contributed by atoms with Gasteiger partial charge in [-0.2, -0.15) is 0 Å². The average Bonchev–Trinajstić information content (AvgIpc) is 2.90. The largest absolute Gasteiger partial charge is 0.325 e. The second-order valence-corrected chi connectivity index (χ2v) is 4.36. The first-order chi connectivity index (χ1) is 8.25. The first kappa shape index (κ1) is 10.6. The summed E-state index contributed by atoms with van der Waals surface area (Å²) in [6.45, 7) is 2.03. The maximum Gasteiger partial charge on any atom is 0.269 e. The second kappa shape index (κ2) is 4.06. The molecule has 3 rings (SSSR count). The molecule has 1 aromatic carbocycles. The predicted molar refractivity (Wildman–Crippen MR) is 57.4 cm³/mol. The number of hydrogen-bond acceptors (Lipinski definition) is 4. The molecule has 1 aromatic rings. The Labute approximate surface area is 97.9 Å². The van der Waals surface area contributed by atoms with Gasteiger partial charge in [0.2, 0.25) is 0 Å². The Bertz CT molecular complexity index is 434. The Morgan fingerprint density at radius 1 is 1.29 bits per heavy atom. The molecule has 0 saturated carbocycles. The molecule has 2 heterocycles. The molecule has 0 spiro atoms. The molecule has 0 aliphatic carbocycles. The summed E-state index contributed by atoms with van der Waals surface area (Å²) in [5.41, 5.74) is 1.10. The number of rotatable bonds is 2. The third-order valence-electron chi connectivity index (χ3n) is 3.36. The third-order valence-corrected chi connectivity index (χ3v) is 3.36. The molecule has 6 heteroatoms. The summed E-state index contributed by atoms with van der Waals surface area (Å²) in [4.78, 5) is 11.5. The molecule has 1 unspecified atom stereocenters. The number of nitro groups is 1. The number of ether oxygens (including phenoxy) is 2. The molecule has 0 amide bonds. The van der Waals surface area contributed by atoms with Gasteiger partial charge in [0.15, 0.2) is 13.5 Å². The smallest absolute Gasteiger partial charge is 0.269 e. The van der Waals surface area contributed by atoms with Gasteiger partial charge in [-0.3, -0.25) is 15.0 Å². The van der Waals surface area contributed by atoms with E-state index >= 15 is 0 Å². The summed E-state index contributed by atoms with van der Waals surface area (Å²) in [5.74, 6) is 0. The van der Waals surface area contributed by atoms with E-state index in [1.165, 1.54) is 17.0 Å². The summed E-state index contributed by atoms with van der Waals surface area (Å²) in [5, 5.41) is 10.6. The van der Waals surface area contributed by atoms with E-state index in [1.54, 1.807) is 12.1 Å². The van der Waals surface area contributed by atoms with Crippen molar-refractivity contribution in [1.29, 1.82) is 0 Å². The van der Waals surface area contributed by atoms with Crippen LogP contribution >= 0.6 is 0 Å². The van der Waals surface area contributed by atoms with E-state index in [-0.39, 0.29) is 11.8 Å². The molecule has 0 bridgehead atoms. The fourth-order valence-corrected chi connectivity index (χ4v) is 2.42. The van der Waals surface area contributed by atoms with Gasteiger partial charge in [-0.1, -0.05) is 0 Å². The van der Waals surface area contributed by atoms with Crippen molar-refractivity contribution >= 4 is 5.69 Å². The quantitative estimate of drug-likeness (QED) is 0.574. The third kappa shape index (κ3) is 1.80. The molecule has 2 aliphatic rings. The van der Waals surface area contributed by atoms with E-state index in [9.17, 15) is 10.1 Å². The number of fused-ring (bicyclic) bond motifs is 1. The van der Waals surface area contributed by atoms with E-state index < -0.39 is 4.92 Å². The van der Waals surface area contributed by atoms with Crippen LogP contribution in [0.15, 0.2) is 24.3 Å². The average molecular weight is 237 g/mol. The summed E-state index contributed by atoms with van der Waals surface area (Å²) in [6, 6.07) is 6.89. The lowest BCUT2D eigenvalue weighted by atomic mass is 10.0. The Balaban J connectivity index is 1.82. The van der Waals surface area contributed by atoms with Crippen LogP contribution < -0.4 is 4.90 Å².